The number of rotatable bonds is 4. The van der Waals surface area contributed by atoms with E-state index in [-0.39, 0.29) is 18.3 Å². The predicted octanol–water partition coefficient (Wildman–Crippen LogP) is 3.71. The van der Waals surface area contributed by atoms with Crippen molar-refractivity contribution in [3.8, 4) is 0 Å². The average Bonchev–Trinajstić information content (AvgIpc) is 2.44. The van der Waals surface area contributed by atoms with Gasteiger partial charge in [0, 0.05) is 43.3 Å². The van der Waals surface area contributed by atoms with Gasteiger partial charge in [-0.2, -0.15) is 13.2 Å². The van der Waals surface area contributed by atoms with Gasteiger partial charge in [0.15, 0.2) is 0 Å². The van der Waals surface area contributed by atoms with Gasteiger partial charge in [0.05, 0.1) is 11.3 Å². The van der Waals surface area contributed by atoms with Gasteiger partial charge in [-0.05, 0) is 19.1 Å². The van der Waals surface area contributed by atoms with Crippen LogP contribution in [0.3, 0.4) is 0 Å². The van der Waals surface area contributed by atoms with E-state index in [1.54, 1.807) is 4.90 Å². The van der Waals surface area contributed by atoms with E-state index in [9.17, 15) is 23.3 Å². The molecule has 1 aromatic rings. The molecule has 2 rings (SSSR count). The summed E-state index contributed by atoms with van der Waals surface area (Å²) in [6.07, 6.45) is -5.02. The highest BCUT2D eigenvalue weighted by Gasteiger charge is 2.32. The van der Waals surface area contributed by atoms with Crippen molar-refractivity contribution in [1.29, 1.82) is 0 Å². The van der Waals surface area contributed by atoms with E-state index in [2.05, 4.69) is 0 Å². The molecule has 1 aliphatic heterocycles. The highest BCUT2D eigenvalue weighted by atomic mass is 35.5. The molecule has 0 N–H and O–H groups in total. The van der Waals surface area contributed by atoms with Crippen LogP contribution in [0, 0.1) is 10.1 Å². The zero-order valence-electron chi connectivity index (χ0n) is 12.5. The lowest BCUT2D eigenvalue weighted by atomic mass is 10.1. The first-order valence-electron chi connectivity index (χ1n) is 7.17. The SMILES string of the molecule is C[C@@H]1CN(CCC(F)(F)F)CCN1c1cc(Cl)ccc1[N+](=O)[O-]. The monoisotopic (exact) mass is 351 g/mol. The molecule has 128 valence electrons. The zero-order chi connectivity index (χ0) is 17.2. The van der Waals surface area contributed by atoms with Crippen molar-refractivity contribution in [3.63, 3.8) is 0 Å². The first-order chi connectivity index (χ1) is 10.7. The Hall–Kier alpha value is -1.54. The van der Waals surface area contributed by atoms with E-state index < -0.39 is 17.5 Å². The molecule has 1 saturated heterocycles. The van der Waals surface area contributed by atoms with Crippen LogP contribution in [0.4, 0.5) is 24.5 Å². The largest absolute Gasteiger partial charge is 0.390 e. The molecule has 23 heavy (non-hydrogen) atoms. The standard InChI is InChI=1S/C14H17ClF3N3O2/c1-10-9-19(5-4-14(16,17)18)6-7-20(10)13-8-11(15)2-3-12(13)21(22)23/h2-3,8,10H,4-7,9H2,1H3/t10-/m1/s1. The maximum absolute atomic E-state index is 12.3. The Kier molecular flexibility index (Phi) is 5.36. The van der Waals surface area contributed by atoms with Gasteiger partial charge < -0.3 is 4.90 Å². The van der Waals surface area contributed by atoms with Crippen LogP contribution in [0.15, 0.2) is 18.2 Å². The molecule has 1 aromatic carbocycles. The van der Waals surface area contributed by atoms with Crippen LogP contribution in [0.25, 0.3) is 0 Å². The third-order valence-corrected chi connectivity index (χ3v) is 4.10. The van der Waals surface area contributed by atoms with E-state index in [0.29, 0.717) is 30.3 Å². The van der Waals surface area contributed by atoms with Crippen LogP contribution in [0.5, 0.6) is 0 Å². The Morgan fingerprint density at radius 1 is 1.39 bits per heavy atom. The van der Waals surface area contributed by atoms with E-state index in [0.717, 1.165) is 0 Å². The van der Waals surface area contributed by atoms with Gasteiger partial charge >= 0.3 is 6.18 Å². The molecule has 1 aliphatic rings. The van der Waals surface area contributed by atoms with E-state index >= 15 is 0 Å². The molecule has 0 aromatic heterocycles. The summed E-state index contributed by atoms with van der Waals surface area (Å²) in [6, 6.07) is 4.18. The number of alkyl halides is 3. The number of nitrogens with zero attached hydrogens (tertiary/aromatic N) is 3. The smallest absolute Gasteiger partial charge is 0.361 e. The van der Waals surface area contributed by atoms with Gasteiger partial charge in [0.2, 0.25) is 0 Å². The Balaban J connectivity index is 2.10. The number of nitro benzene ring substituents is 1. The second kappa shape index (κ2) is 6.92. The third kappa shape index (κ3) is 4.71. The van der Waals surface area contributed by atoms with Gasteiger partial charge in [-0.1, -0.05) is 11.6 Å². The summed E-state index contributed by atoms with van der Waals surface area (Å²) in [5, 5.41) is 11.5. The molecule has 0 radical (unpaired) electrons. The number of anilines is 1. The third-order valence-electron chi connectivity index (χ3n) is 3.87. The van der Waals surface area contributed by atoms with Crippen LogP contribution in [0.2, 0.25) is 5.02 Å². The average molecular weight is 352 g/mol. The fourth-order valence-corrected chi connectivity index (χ4v) is 2.93. The molecule has 0 aliphatic carbocycles. The highest BCUT2D eigenvalue weighted by Crippen LogP contribution is 2.33. The number of hydrogen-bond acceptors (Lipinski definition) is 4. The zero-order valence-corrected chi connectivity index (χ0v) is 13.3. The summed E-state index contributed by atoms with van der Waals surface area (Å²) >= 11 is 5.93. The Labute approximate surface area is 136 Å². The lowest BCUT2D eigenvalue weighted by Gasteiger charge is -2.41. The van der Waals surface area contributed by atoms with Crippen molar-refractivity contribution in [3.05, 3.63) is 33.3 Å². The van der Waals surface area contributed by atoms with Crippen molar-refractivity contribution in [1.82, 2.24) is 4.90 Å². The minimum atomic E-state index is -4.17. The van der Waals surface area contributed by atoms with Crippen LogP contribution < -0.4 is 4.90 Å². The predicted molar refractivity (Wildman–Crippen MR) is 82.0 cm³/mol. The van der Waals surface area contributed by atoms with Crippen molar-refractivity contribution in [2.24, 2.45) is 0 Å². The first kappa shape index (κ1) is 17.8. The van der Waals surface area contributed by atoms with Gasteiger partial charge in [0.1, 0.15) is 5.69 Å². The van der Waals surface area contributed by atoms with Crippen LogP contribution in [-0.4, -0.2) is 48.2 Å². The van der Waals surface area contributed by atoms with Gasteiger partial charge in [-0.15, -0.1) is 0 Å². The number of hydrogen-bond donors (Lipinski definition) is 0. The van der Waals surface area contributed by atoms with Gasteiger partial charge in [-0.3, -0.25) is 15.0 Å². The van der Waals surface area contributed by atoms with Crippen molar-refractivity contribution < 1.29 is 18.1 Å². The number of nitro groups is 1. The maximum Gasteiger partial charge on any atom is 0.390 e. The molecule has 0 unspecified atom stereocenters. The van der Waals surface area contributed by atoms with Crippen molar-refractivity contribution >= 4 is 23.0 Å². The number of benzene rings is 1. The topological polar surface area (TPSA) is 49.6 Å². The second-order valence-corrected chi connectivity index (χ2v) is 6.03. The summed E-state index contributed by atoms with van der Waals surface area (Å²) in [5.74, 6) is 0. The molecule has 5 nitrogen and oxygen atoms in total. The Morgan fingerprint density at radius 3 is 2.65 bits per heavy atom. The second-order valence-electron chi connectivity index (χ2n) is 5.60. The highest BCUT2D eigenvalue weighted by molar-refractivity contribution is 6.31. The van der Waals surface area contributed by atoms with Crippen LogP contribution >= 0.6 is 11.6 Å². The summed E-state index contributed by atoms with van der Waals surface area (Å²) in [7, 11) is 0. The molecular weight excluding hydrogens is 335 g/mol. The van der Waals surface area contributed by atoms with Crippen molar-refractivity contribution in [2.75, 3.05) is 31.1 Å². The van der Waals surface area contributed by atoms with Crippen LogP contribution in [0.1, 0.15) is 13.3 Å². The minimum Gasteiger partial charge on any atom is -0.361 e. The molecule has 1 atom stereocenters. The van der Waals surface area contributed by atoms with E-state index in [4.69, 9.17) is 11.6 Å². The fourth-order valence-electron chi connectivity index (χ4n) is 2.76. The molecule has 0 saturated carbocycles. The lowest BCUT2D eigenvalue weighted by molar-refractivity contribution is -0.384. The molecule has 1 heterocycles. The number of halogens is 4. The maximum atomic E-state index is 12.3. The number of piperazine rings is 1. The normalized spacial score (nSPS) is 19.9. The van der Waals surface area contributed by atoms with Crippen molar-refractivity contribution in [2.45, 2.75) is 25.6 Å². The van der Waals surface area contributed by atoms with Gasteiger partial charge in [-0.25, -0.2) is 0 Å². The van der Waals surface area contributed by atoms with E-state index in [1.807, 2.05) is 11.8 Å². The summed E-state index contributed by atoms with van der Waals surface area (Å²) in [5.41, 5.74) is 0.357. The Bertz CT molecular complexity index is 583. The molecule has 0 amide bonds. The minimum absolute atomic E-state index is 0.0509. The van der Waals surface area contributed by atoms with E-state index in [1.165, 1.54) is 18.2 Å². The summed E-state index contributed by atoms with van der Waals surface area (Å²) in [6.45, 7) is 3.04. The molecule has 0 bridgehead atoms. The summed E-state index contributed by atoms with van der Waals surface area (Å²) in [4.78, 5) is 14.2. The van der Waals surface area contributed by atoms with Crippen LogP contribution in [-0.2, 0) is 0 Å². The summed E-state index contributed by atoms with van der Waals surface area (Å²) < 4.78 is 36.9. The Morgan fingerprint density at radius 2 is 2.09 bits per heavy atom. The molecule has 0 spiro atoms. The molecular formula is C14H17ClF3N3O2. The lowest BCUT2D eigenvalue weighted by Crippen LogP contribution is -2.52. The fraction of sp³-hybridized carbons (Fsp3) is 0.571. The molecule has 9 heteroatoms. The quantitative estimate of drug-likeness (QED) is 0.613. The van der Waals surface area contributed by atoms with Gasteiger partial charge in [0.25, 0.3) is 5.69 Å². The molecule has 1 fully saturated rings. The first-order valence-corrected chi connectivity index (χ1v) is 7.55.